The van der Waals surface area contributed by atoms with Crippen molar-refractivity contribution < 1.29 is 4.79 Å². The van der Waals surface area contributed by atoms with Gasteiger partial charge in [0.05, 0.1) is 0 Å². The molecule has 120 valence electrons. The van der Waals surface area contributed by atoms with Crippen molar-refractivity contribution in [3.8, 4) is 11.4 Å². The monoisotopic (exact) mass is 311 g/mol. The van der Waals surface area contributed by atoms with Crippen molar-refractivity contribution in [3.63, 3.8) is 0 Å². The minimum atomic E-state index is -0.0181. The number of tetrazole rings is 1. The van der Waals surface area contributed by atoms with Crippen LogP contribution in [0.4, 0.5) is 0 Å². The number of carbonyl (C=O) groups excluding carboxylic acids is 1. The van der Waals surface area contributed by atoms with Crippen LogP contribution in [0.2, 0.25) is 0 Å². The van der Waals surface area contributed by atoms with Crippen molar-refractivity contribution in [2.24, 2.45) is 11.8 Å². The first kappa shape index (κ1) is 14.4. The summed E-state index contributed by atoms with van der Waals surface area (Å²) in [6.45, 7) is 2.17. The molecule has 0 unspecified atom stereocenters. The Kier molecular flexibility index (Phi) is 3.59. The zero-order valence-corrected chi connectivity index (χ0v) is 13.3. The Labute approximate surface area is 135 Å². The average molecular weight is 311 g/mol. The SMILES string of the molecule is Cc1ccc(-c2nnn(CC(=O)N[C@H]3C[C@@H]4CC[C@H]3C4)n2)cc1. The van der Waals surface area contributed by atoms with Gasteiger partial charge in [-0.15, -0.1) is 10.2 Å². The number of aromatic nitrogens is 4. The summed E-state index contributed by atoms with van der Waals surface area (Å²) in [6, 6.07) is 8.30. The van der Waals surface area contributed by atoms with Crippen LogP contribution < -0.4 is 5.32 Å². The molecule has 2 bridgehead atoms. The maximum absolute atomic E-state index is 12.2. The smallest absolute Gasteiger partial charge is 0.243 e. The van der Waals surface area contributed by atoms with E-state index in [0.29, 0.717) is 17.8 Å². The second-order valence-electron chi connectivity index (χ2n) is 6.86. The molecular weight excluding hydrogens is 290 g/mol. The predicted molar refractivity (Wildman–Crippen MR) is 85.4 cm³/mol. The number of carbonyl (C=O) groups is 1. The Morgan fingerprint density at radius 3 is 2.78 bits per heavy atom. The first-order chi connectivity index (χ1) is 11.2. The lowest BCUT2D eigenvalue weighted by Gasteiger charge is -2.22. The summed E-state index contributed by atoms with van der Waals surface area (Å²) in [4.78, 5) is 13.6. The van der Waals surface area contributed by atoms with Gasteiger partial charge in [0, 0.05) is 11.6 Å². The topological polar surface area (TPSA) is 72.7 Å². The quantitative estimate of drug-likeness (QED) is 0.937. The molecule has 1 amide bonds. The normalized spacial score (nSPS) is 25.7. The lowest BCUT2D eigenvalue weighted by molar-refractivity contribution is -0.123. The van der Waals surface area contributed by atoms with Crippen LogP contribution in [0.3, 0.4) is 0 Å². The molecule has 0 aliphatic heterocycles. The molecule has 6 heteroatoms. The van der Waals surface area contributed by atoms with Gasteiger partial charge in [0.25, 0.3) is 0 Å². The Hall–Kier alpha value is -2.24. The van der Waals surface area contributed by atoms with Crippen molar-refractivity contribution in [2.45, 2.75) is 45.2 Å². The molecule has 23 heavy (non-hydrogen) atoms. The van der Waals surface area contributed by atoms with E-state index in [9.17, 15) is 4.79 Å². The van der Waals surface area contributed by atoms with Crippen LogP contribution in [0, 0.1) is 18.8 Å². The van der Waals surface area contributed by atoms with Crippen LogP contribution in [0.1, 0.15) is 31.2 Å². The number of hydrogen-bond acceptors (Lipinski definition) is 4. The number of nitrogens with one attached hydrogen (secondary N) is 1. The standard InChI is InChI=1S/C17H21N5O/c1-11-2-5-13(6-3-11)17-19-21-22(20-17)10-16(23)18-15-9-12-4-7-14(15)8-12/h2-3,5-6,12,14-15H,4,7-10H2,1H3,(H,18,23)/t12-,14+,15+/m1/s1. The van der Waals surface area contributed by atoms with Crippen LogP contribution in [-0.2, 0) is 11.3 Å². The molecule has 1 aromatic carbocycles. The van der Waals surface area contributed by atoms with E-state index in [4.69, 9.17) is 0 Å². The zero-order valence-electron chi connectivity index (χ0n) is 13.3. The lowest BCUT2D eigenvalue weighted by Crippen LogP contribution is -2.40. The summed E-state index contributed by atoms with van der Waals surface area (Å²) in [5.74, 6) is 2.03. The average Bonchev–Trinajstić information content (AvgIpc) is 3.24. The second-order valence-corrected chi connectivity index (χ2v) is 6.86. The largest absolute Gasteiger partial charge is 0.351 e. The molecule has 1 aromatic heterocycles. The fraction of sp³-hybridized carbons (Fsp3) is 0.529. The Balaban J connectivity index is 1.37. The third kappa shape index (κ3) is 2.98. The Morgan fingerprint density at radius 1 is 1.26 bits per heavy atom. The van der Waals surface area contributed by atoms with Gasteiger partial charge in [0.2, 0.25) is 11.7 Å². The van der Waals surface area contributed by atoms with E-state index in [0.717, 1.165) is 17.9 Å². The summed E-state index contributed by atoms with van der Waals surface area (Å²) in [6.07, 6.45) is 5.01. The van der Waals surface area contributed by atoms with E-state index >= 15 is 0 Å². The number of hydrogen-bond donors (Lipinski definition) is 1. The van der Waals surface area contributed by atoms with Crippen molar-refractivity contribution >= 4 is 5.91 Å². The Morgan fingerprint density at radius 2 is 2.09 bits per heavy atom. The van der Waals surface area contributed by atoms with Gasteiger partial charge in [-0.05, 0) is 43.2 Å². The molecule has 0 radical (unpaired) electrons. The van der Waals surface area contributed by atoms with Crippen LogP contribution in [0.25, 0.3) is 11.4 Å². The van der Waals surface area contributed by atoms with Gasteiger partial charge < -0.3 is 5.32 Å². The molecule has 0 saturated heterocycles. The molecule has 2 fully saturated rings. The number of rotatable bonds is 4. The zero-order chi connectivity index (χ0) is 15.8. The molecule has 2 aromatic rings. The molecule has 3 atom stereocenters. The van der Waals surface area contributed by atoms with E-state index in [1.54, 1.807) is 0 Å². The fourth-order valence-corrected chi connectivity index (χ4v) is 3.93. The highest BCUT2D eigenvalue weighted by Crippen LogP contribution is 2.44. The first-order valence-electron chi connectivity index (χ1n) is 8.31. The summed E-state index contributed by atoms with van der Waals surface area (Å²) in [5, 5.41) is 15.5. The maximum atomic E-state index is 12.2. The predicted octanol–water partition coefficient (Wildman–Crippen LogP) is 1.95. The maximum Gasteiger partial charge on any atom is 0.243 e. The van der Waals surface area contributed by atoms with Gasteiger partial charge >= 0.3 is 0 Å². The fourth-order valence-electron chi connectivity index (χ4n) is 3.93. The highest BCUT2D eigenvalue weighted by atomic mass is 16.2. The van der Waals surface area contributed by atoms with E-state index in [1.165, 1.54) is 29.6 Å². The lowest BCUT2D eigenvalue weighted by atomic mass is 9.95. The van der Waals surface area contributed by atoms with Crippen LogP contribution >= 0.6 is 0 Å². The number of aryl methyl sites for hydroxylation is 1. The number of nitrogens with zero attached hydrogens (tertiary/aromatic N) is 4. The molecule has 2 saturated carbocycles. The molecule has 2 aliphatic carbocycles. The van der Waals surface area contributed by atoms with Gasteiger partial charge in [0.15, 0.2) is 0 Å². The molecule has 1 N–H and O–H groups in total. The van der Waals surface area contributed by atoms with Crippen molar-refractivity contribution in [3.05, 3.63) is 29.8 Å². The summed E-state index contributed by atoms with van der Waals surface area (Å²) in [5.41, 5.74) is 2.10. The second kappa shape index (κ2) is 5.76. The molecular formula is C17H21N5O. The van der Waals surface area contributed by atoms with E-state index < -0.39 is 0 Å². The molecule has 2 aliphatic rings. The summed E-state index contributed by atoms with van der Waals surface area (Å²) >= 11 is 0. The minimum absolute atomic E-state index is 0.0181. The number of fused-ring (bicyclic) bond motifs is 2. The van der Waals surface area contributed by atoms with Gasteiger partial charge in [0.1, 0.15) is 6.54 Å². The third-order valence-corrected chi connectivity index (χ3v) is 5.13. The first-order valence-corrected chi connectivity index (χ1v) is 8.31. The number of amides is 1. The Bertz CT molecular complexity index is 708. The van der Waals surface area contributed by atoms with Gasteiger partial charge in [-0.2, -0.15) is 4.80 Å². The van der Waals surface area contributed by atoms with Crippen molar-refractivity contribution in [1.82, 2.24) is 25.5 Å². The van der Waals surface area contributed by atoms with Crippen LogP contribution in [0.15, 0.2) is 24.3 Å². The molecule has 6 nitrogen and oxygen atoms in total. The summed E-state index contributed by atoms with van der Waals surface area (Å²) < 4.78 is 0. The van der Waals surface area contributed by atoms with E-state index in [1.807, 2.05) is 31.2 Å². The highest BCUT2D eigenvalue weighted by molar-refractivity contribution is 5.76. The van der Waals surface area contributed by atoms with Gasteiger partial charge in [-0.1, -0.05) is 36.2 Å². The minimum Gasteiger partial charge on any atom is -0.351 e. The third-order valence-electron chi connectivity index (χ3n) is 5.13. The van der Waals surface area contributed by atoms with E-state index in [2.05, 4.69) is 20.7 Å². The van der Waals surface area contributed by atoms with Crippen molar-refractivity contribution in [2.75, 3.05) is 0 Å². The molecule has 0 spiro atoms. The number of benzene rings is 1. The van der Waals surface area contributed by atoms with Crippen LogP contribution in [-0.4, -0.2) is 32.2 Å². The molecule has 4 rings (SSSR count). The van der Waals surface area contributed by atoms with Crippen molar-refractivity contribution in [1.29, 1.82) is 0 Å². The summed E-state index contributed by atoms with van der Waals surface area (Å²) in [7, 11) is 0. The molecule has 1 heterocycles. The highest BCUT2D eigenvalue weighted by Gasteiger charge is 2.40. The van der Waals surface area contributed by atoms with Gasteiger partial charge in [-0.3, -0.25) is 4.79 Å². The van der Waals surface area contributed by atoms with Gasteiger partial charge in [-0.25, -0.2) is 0 Å². The van der Waals surface area contributed by atoms with E-state index in [-0.39, 0.29) is 12.5 Å². The van der Waals surface area contributed by atoms with Crippen LogP contribution in [0.5, 0.6) is 0 Å².